The smallest absolute Gasteiger partial charge is 0.325 e. The molecule has 0 aliphatic rings. The molecule has 1 atom stereocenters. The van der Waals surface area contributed by atoms with E-state index in [1.165, 1.54) is 6.92 Å². The van der Waals surface area contributed by atoms with Crippen LogP contribution in [0.5, 0.6) is 0 Å². The molecule has 0 radical (unpaired) electrons. The second-order valence-corrected chi connectivity index (χ2v) is 3.59. The predicted molar refractivity (Wildman–Crippen MR) is 57.2 cm³/mol. The second kappa shape index (κ2) is 4.53. The van der Waals surface area contributed by atoms with Crippen LogP contribution < -0.4 is 5.32 Å². The van der Waals surface area contributed by atoms with E-state index in [-0.39, 0.29) is 0 Å². The molecule has 1 aromatic rings. The molecule has 1 unspecified atom stereocenters. The molecule has 0 bridgehead atoms. The first-order chi connectivity index (χ1) is 6.52. The first-order valence-electron chi connectivity index (χ1n) is 3.95. The summed E-state index contributed by atoms with van der Waals surface area (Å²) in [5, 5.41) is 12.1. The Balaban J connectivity index is 2.87. The van der Waals surface area contributed by atoms with Crippen LogP contribution in [0, 0.1) is 0 Å². The van der Waals surface area contributed by atoms with Gasteiger partial charge in [-0.15, -0.1) is 0 Å². The molecular weight excluding hydrogens is 225 g/mol. The molecule has 76 valence electrons. The highest BCUT2D eigenvalue weighted by atomic mass is 35.5. The van der Waals surface area contributed by atoms with Crippen molar-refractivity contribution in [3.05, 3.63) is 28.2 Å². The summed E-state index contributed by atoms with van der Waals surface area (Å²) in [6.45, 7) is 1.53. The van der Waals surface area contributed by atoms with Crippen molar-refractivity contribution in [3.8, 4) is 0 Å². The van der Waals surface area contributed by atoms with Crippen molar-refractivity contribution in [1.82, 2.24) is 0 Å². The standard InChI is InChI=1S/C9H9Cl2NO2/c1-5(9(13)14)12-7-4-2-3-6(10)8(7)11/h2-5,12H,1H3,(H,13,14). The largest absolute Gasteiger partial charge is 0.480 e. The molecule has 1 aromatic carbocycles. The predicted octanol–water partition coefficient (Wildman–Crippen LogP) is 2.88. The van der Waals surface area contributed by atoms with Crippen molar-refractivity contribution in [2.24, 2.45) is 0 Å². The van der Waals surface area contributed by atoms with Gasteiger partial charge in [-0.3, -0.25) is 4.79 Å². The van der Waals surface area contributed by atoms with Crippen molar-refractivity contribution in [1.29, 1.82) is 0 Å². The monoisotopic (exact) mass is 233 g/mol. The maximum Gasteiger partial charge on any atom is 0.325 e. The Morgan fingerprint density at radius 2 is 2.14 bits per heavy atom. The lowest BCUT2D eigenvalue weighted by Gasteiger charge is -2.12. The van der Waals surface area contributed by atoms with Gasteiger partial charge in [0.15, 0.2) is 0 Å². The van der Waals surface area contributed by atoms with Gasteiger partial charge in [-0.05, 0) is 19.1 Å². The molecule has 0 saturated carbocycles. The molecule has 14 heavy (non-hydrogen) atoms. The average molecular weight is 234 g/mol. The van der Waals surface area contributed by atoms with Gasteiger partial charge in [0, 0.05) is 0 Å². The number of nitrogens with one attached hydrogen (secondary N) is 1. The third-order valence-corrected chi connectivity index (χ3v) is 2.51. The number of anilines is 1. The van der Waals surface area contributed by atoms with Crippen LogP contribution in [0.25, 0.3) is 0 Å². The van der Waals surface area contributed by atoms with Gasteiger partial charge in [0.2, 0.25) is 0 Å². The number of aliphatic carboxylic acids is 1. The van der Waals surface area contributed by atoms with Crippen LogP contribution >= 0.6 is 23.2 Å². The van der Waals surface area contributed by atoms with Gasteiger partial charge in [0.1, 0.15) is 6.04 Å². The van der Waals surface area contributed by atoms with Crippen LogP contribution in [-0.2, 0) is 4.79 Å². The van der Waals surface area contributed by atoms with Gasteiger partial charge in [0.05, 0.1) is 15.7 Å². The molecule has 1 rings (SSSR count). The Morgan fingerprint density at radius 1 is 1.50 bits per heavy atom. The van der Waals surface area contributed by atoms with Crippen molar-refractivity contribution >= 4 is 34.9 Å². The zero-order valence-electron chi connectivity index (χ0n) is 7.42. The number of halogens is 2. The van der Waals surface area contributed by atoms with E-state index < -0.39 is 12.0 Å². The summed E-state index contributed by atoms with van der Waals surface area (Å²) in [7, 11) is 0. The Bertz CT molecular complexity index is 355. The third-order valence-electron chi connectivity index (χ3n) is 1.69. The van der Waals surface area contributed by atoms with Crippen molar-refractivity contribution < 1.29 is 9.90 Å². The average Bonchev–Trinajstić information content (AvgIpc) is 2.12. The summed E-state index contributed by atoms with van der Waals surface area (Å²) in [6, 6.07) is 4.31. The number of carboxylic acid groups (broad SMARTS) is 1. The molecule has 0 amide bonds. The minimum Gasteiger partial charge on any atom is -0.480 e. The van der Waals surface area contributed by atoms with E-state index in [2.05, 4.69) is 5.32 Å². The second-order valence-electron chi connectivity index (χ2n) is 2.81. The number of hydrogen-bond donors (Lipinski definition) is 2. The maximum absolute atomic E-state index is 10.6. The summed E-state index contributed by atoms with van der Waals surface area (Å²) in [5.74, 6) is -0.943. The van der Waals surface area contributed by atoms with Crippen molar-refractivity contribution in [3.63, 3.8) is 0 Å². The Kier molecular flexibility index (Phi) is 3.61. The molecular formula is C9H9Cl2NO2. The normalized spacial score (nSPS) is 12.2. The lowest BCUT2D eigenvalue weighted by atomic mass is 10.2. The fraction of sp³-hybridized carbons (Fsp3) is 0.222. The van der Waals surface area contributed by atoms with Crippen LogP contribution in [0.15, 0.2) is 18.2 Å². The van der Waals surface area contributed by atoms with E-state index in [4.69, 9.17) is 28.3 Å². The van der Waals surface area contributed by atoms with Gasteiger partial charge >= 0.3 is 5.97 Å². The Labute approximate surface area is 91.6 Å². The van der Waals surface area contributed by atoms with Gasteiger partial charge in [-0.1, -0.05) is 29.3 Å². The molecule has 0 aliphatic heterocycles. The number of rotatable bonds is 3. The molecule has 0 heterocycles. The zero-order chi connectivity index (χ0) is 10.7. The highest BCUT2D eigenvalue weighted by molar-refractivity contribution is 6.43. The minimum absolute atomic E-state index is 0.335. The molecule has 0 aliphatic carbocycles. The number of hydrogen-bond acceptors (Lipinski definition) is 2. The molecule has 0 fully saturated rings. The van der Waals surface area contributed by atoms with Gasteiger partial charge in [0.25, 0.3) is 0 Å². The summed E-state index contributed by atoms with van der Waals surface area (Å²) in [5.41, 5.74) is 0.522. The molecule has 0 aromatic heterocycles. The van der Waals surface area contributed by atoms with E-state index >= 15 is 0 Å². The number of carbonyl (C=O) groups is 1. The van der Waals surface area contributed by atoms with Gasteiger partial charge in [-0.25, -0.2) is 0 Å². The lowest BCUT2D eigenvalue weighted by molar-refractivity contribution is -0.137. The van der Waals surface area contributed by atoms with E-state index in [0.29, 0.717) is 15.7 Å². The summed E-state index contributed by atoms with van der Waals surface area (Å²) in [6.07, 6.45) is 0. The lowest BCUT2D eigenvalue weighted by Crippen LogP contribution is -2.25. The topological polar surface area (TPSA) is 49.3 Å². The van der Waals surface area contributed by atoms with E-state index in [1.807, 2.05) is 0 Å². The fourth-order valence-corrected chi connectivity index (χ4v) is 1.27. The molecule has 5 heteroatoms. The molecule has 3 nitrogen and oxygen atoms in total. The van der Waals surface area contributed by atoms with E-state index in [0.717, 1.165) is 0 Å². The van der Waals surface area contributed by atoms with E-state index in [9.17, 15) is 4.79 Å². The van der Waals surface area contributed by atoms with Gasteiger partial charge in [-0.2, -0.15) is 0 Å². The Morgan fingerprint density at radius 3 is 2.71 bits per heavy atom. The van der Waals surface area contributed by atoms with Crippen LogP contribution in [0.4, 0.5) is 5.69 Å². The zero-order valence-corrected chi connectivity index (χ0v) is 8.93. The van der Waals surface area contributed by atoms with Gasteiger partial charge < -0.3 is 10.4 Å². The fourth-order valence-electron chi connectivity index (χ4n) is 0.910. The maximum atomic E-state index is 10.6. The van der Waals surface area contributed by atoms with E-state index in [1.54, 1.807) is 18.2 Å². The van der Waals surface area contributed by atoms with Crippen LogP contribution in [0.2, 0.25) is 10.0 Å². The molecule has 0 spiro atoms. The number of benzene rings is 1. The highest BCUT2D eigenvalue weighted by Crippen LogP contribution is 2.29. The van der Waals surface area contributed by atoms with Crippen LogP contribution in [0.3, 0.4) is 0 Å². The first-order valence-corrected chi connectivity index (χ1v) is 4.71. The highest BCUT2D eigenvalue weighted by Gasteiger charge is 2.12. The van der Waals surface area contributed by atoms with Crippen molar-refractivity contribution in [2.45, 2.75) is 13.0 Å². The summed E-state index contributed by atoms with van der Waals surface area (Å²) in [4.78, 5) is 10.6. The molecule has 2 N–H and O–H groups in total. The number of carboxylic acids is 1. The summed E-state index contributed by atoms with van der Waals surface area (Å²) >= 11 is 11.6. The van der Waals surface area contributed by atoms with Crippen LogP contribution in [-0.4, -0.2) is 17.1 Å². The van der Waals surface area contributed by atoms with Crippen LogP contribution in [0.1, 0.15) is 6.92 Å². The summed E-state index contributed by atoms with van der Waals surface area (Å²) < 4.78 is 0. The van der Waals surface area contributed by atoms with Crippen molar-refractivity contribution in [2.75, 3.05) is 5.32 Å². The quantitative estimate of drug-likeness (QED) is 0.845. The minimum atomic E-state index is -0.943. The third kappa shape index (κ3) is 2.53. The first kappa shape index (κ1) is 11.1. The molecule has 0 saturated heterocycles. The Hall–Kier alpha value is -0.930. The SMILES string of the molecule is CC(Nc1cccc(Cl)c1Cl)C(=O)O.